The molecule has 96 valence electrons. The molecule has 16 heavy (non-hydrogen) atoms. The van der Waals surface area contributed by atoms with Crippen LogP contribution >= 0.6 is 0 Å². The quantitative estimate of drug-likeness (QED) is 0.792. The summed E-state index contributed by atoms with van der Waals surface area (Å²) < 4.78 is 44.0. The summed E-state index contributed by atoms with van der Waals surface area (Å²) in [4.78, 5) is 1.38. The molecule has 0 radical (unpaired) electrons. The standard InChI is InChI=1S/C10H19F3N2O/c1-6-4-15(5-7(2)16-6)9(8(3)14)10(11,12)13/h6-9H,4-5,14H2,1-3H3/t6-,7-,8-,9-/m1/s1. The molecule has 1 heterocycles. The van der Waals surface area contributed by atoms with E-state index in [-0.39, 0.29) is 25.3 Å². The zero-order valence-electron chi connectivity index (χ0n) is 9.79. The maximum atomic E-state index is 12.8. The molecule has 0 spiro atoms. The first-order chi connectivity index (χ1) is 7.21. The molecule has 0 aromatic carbocycles. The number of nitrogens with two attached hydrogens (primary N) is 1. The molecule has 0 bridgehead atoms. The Morgan fingerprint density at radius 1 is 1.25 bits per heavy atom. The zero-order chi connectivity index (χ0) is 12.5. The Bertz CT molecular complexity index is 223. The van der Waals surface area contributed by atoms with E-state index in [1.165, 1.54) is 11.8 Å². The third kappa shape index (κ3) is 3.33. The van der Waals surface area contributed by atoms with Crippen molar-refractivity contribution in [2.75, 3.05) is 13.1 Å². The second-order valence-electron chi connectivity index (χ2n) is 4.56. The van der Waals surface area contributed by atoms with E-state index in [1.54, 1.807) is 13.8 Å². The van der Waals surface area contributed by atoms with Crippen molar-refractivity contribution in [1.29, 1.82) is 0 Å². The molecule has 1 fully saturated rings. The lowest BCUT2D eigenvalue weighted by Crippen LogP contribution is -2.60. The summed E-state index contributed by atoms with van der Waals surface area (Å²) in [7, 11) is 0. The van der Waals surface area contributed by atoms with Gasteiger partial charge in [0.05, 0.1) is 12.2 Å². The molecule has 0 amide bonds. The van der Waals surface area contributed by atoms with Gasteiger partial charge in [-0.25, -0.2) is 0 Å². The van der Waals surface area contributed by atoms with E-state index in [9.17, 15) is 13.2 Å². The number of hydrogen-bond acceptors (Lipinski definition) is 3. The Hall–Kier alpha value is -0.330. The molecule has 2 N–H and O–H groups in total. The molecular weight excluding hydrogens is 221 g/mol. The first-order valence-electron chi connectivity index (χ1n) is 5.43. The Kier molecular flexibility index (Phi) is 4.20. The third-order valence-corrected chi connectivity index (χ3v) is 2.67. The minimum atomic E-state index is -4.29. The van der Waals surface area contributed by atoms with Gasteiger partial charge in [0.1, 0.15) is 6.04 Å². The van der Waals surface area contributed by atoms with Gasteiger partial charge in [-0.15, -0.1) is 0 Å². The highest BCUT2D eigenvalue weighted by atomic mass is 19.4. The lowest BCUT2D eigenvalue weighted by molar-refractivity contribution is -0.206. The molecule has 1 aliphatic heterocycles. The first-order valence-corrected chi connectivity index (χ1v) is 5.43. The van der Waals surface area contributed by atoms with Crippen molar-refractivity contribution >= 4 is 0 Å². The average Bonchev–Trinajstić information content (AvgIpc) is 1.96. The smallest absolute Gasteiger partial charge is 0.373 e. The maximum absolute atomic E-state index is 12.8. The van der Waals surface area contributed by atoms with Crippen LogP contribution in [0.2, 0.25) is 0 Å². The van der Waals surface area contributed by atoms with Crippen molar-refractivity contribution in [2.24, 2.45) is 5.73 Å². The van der Waals surface area contributed by atoms with Crippen molar-refractivity contribution in [1.82, 2.24) is 4.90 Å². The van der Waals surface area contributed by atoms with Crippen molar-refractivity contribution in [2.45, 2.75) is 51.2 Å². The molecule has 6 heteroatoms. The van der Waals surface area contributed by atoms with E-state index < -0.39 is 18.3 Å². The van der Waals surface area contributed by atoms with Crippen LogP contribution < -0.4 is 5.73 Å². The second-order valence-corrected chi connectivity index (χ2v) is 4.56. The monoisotopic (exact) mass is 240 g/mol. The van der Waals surface area contributed by atoms with Gasteiger partial charge in [0.15, 0.2) is 0 Å². The number of alkyl halides is 3. The molecule has 0 aliphatic carbocycles. The van der Waals surface area contributed by atoms with E-state index in [1.807, 2.05) is 0 Å². The van der Waals surface area contributed by atoms with Crippen LogP contribution in [0.5, 0.6) is 0 Å². The Labute approximate surface area is 93.7 Å². The van der Waals surface area contributed by atoms with Crippen LogP contribution in [0.3, 0.4) is 0 Å². The van der Waals surface area contributed by atoms with Gasteiger partial charge >= 0.3 is 6.18 Å². The minimum Gasteiger partial charge on any atom is -0.373 e. The molecule has 0 aromatic rings. The van der Waals surface area contributed by atoms with E-state index in [0.717, 1.165) is 0 Å². The largest absolute Gasteiger partial charge is 0.405 e. The predicted octanol–water partition coefficient (Wildman–Crippen LogP) is 1.37. The molecular formula is C10H19F3N2O. The number of hydrogen-bond donors (Lipinski definition) is 1. The predicted molar refractivity (Wildman–Crippen MR) is 55.1 cm³/mol. The van der Waals surface area contributed by atoms with Gasteiger partial charge < -0.3 is 10.5 Å². The minimum absolute atomic E-state index is 0.188. The van der Waals surface area contributed by atoms with Gasteiger partial charge in [0, 0.05) is 19.1 Å². The van der Waals surface area contributed by atoms with Crippen molar-refractivity contribution in [3.05, 3.63) is 0 Å². The summed E-state index contributed by atoms with van der Waals surface area (Å²) in [5, 5.41) is 0. The fourth-order valence-electron chi connectivity index (χ4n) is 2.28. The summed E-state index contributed by atoms with van der Waals surface area (Å²) in [6.07, 6.45) is -4.66. The van der Waals surface area contributed by atoms with E-state index in [2.05, 4.69) is 0 Å². The molecule has 1 aliphatic rings. The molecule has 1 saturated heterocycles. The van der Waals surface area contributed by atoms with E-state index in [0.29, 0.717) is 0 Å². The topological polar surface area (TPSA) is 38.5 Å². The van der Waals surface area contributed by atoms with Gasteiger partial charge in [0.2, 0.25) is 0 Å². The van der Waals surface area contributed by atoms with Crippen LogP contribution in [0, 0.1) is 0 Å². The van der Waals surface area contributed by atoms with Gasteiger partial charge in [-0.2, -0.15) is 13.2 Å². The van der Waals surface area contributed by atoms with Gasteiger partial charge in [0.25, 0.3) is 0 Å². The van der Waals surface area contributed by atoms with Crippen LogP contribution in [-0.2, 0) is 4.74 Å². The SMILES string of the molecule is C[C@@H]1CN([C@H]([C@@H](C)N)C(F)(F)F)C[C@@H](C)O1. The van der Waals surface area contributed by atoms with Crippen molar-refractivity contribution < 1.29 is 17.9 Å². The highest BCUT2D eigenvalue weighted by molar-refractivity contribution is 4.89. The van der Waals surface area contributed by atoms with Crippen LogP contribution in [0.15, 0.2) is 0 Å². The summed E-state index contributed by atoms with van der Waals surface area (Å²) in [6.45, 7) is 5.49. The molecule has 3 nitrogen and oxygen atoms in total. The van der Waals surface area contributed by atoms with Crippen molar-refractivity contribution in [3.8, 4) is 0 Å². The second kappa shape index (κ2) is 4.89. The lowest BCUT2D eigenvalue weighted by Gasteiger charge is -2.42. The van der Waals surface area contributed by atoms with Crippen molar-refractivity contribution in [3.63, 3.8) is 0 Å². The Morgan fingerprint density at radius 2 is 1.69 bits per heavy atom. The summed E-state index contributed by atoms with van der Waals surface area (Å²) in [5.41, 5.74) is 5.44. The summed E-state index contributed by atoms with van der Waals surface area (Å²) in [5.74, 6) is 0. The van der Waals surface area contributed by atoms with Gasteiger partial charge in [-0.3, -0.25) is 4.90 Å². The molecule has 0 saturated carbocycles. The van der Waals surface area contributed by atoms with Gasteiger partial charge in [-0.1, -0.05) is 0 Å². The fourth-order valence-corrected chi connectivity index (χ4v) is 2.28. The first kappa shape index (κ1) is 13.7. The maximum Gasteiger partial charge on any atom is 0.405 e. The average molecular weight is 240 g/mol. The van der Waals surface area contributed by atoms with Crippen LogP contribution in [0.1, 0.15) is 20.8 Å². The molecule has 0 aromatic heterocycles. The Balaban J connectivity index is 2.78. The highest BCUT2D eigenvalue weighted by Crippen LogP contribution is 2.28. The molecule has 0 unspecified atom stereocenters. The fraction of sp³-hybridized carbons (Fsp3) is 1.00. The highest BCUT2D eigenvalue weighted by Gasteiger charge is 2.47. The normalized spacial score (nSPS) is 32.4. The van der Waals surface area contributed by atoms with Crippen LogP contribution in [0.4, 0.5) is 13.2 Å². The van der Waals surface area contributed by atoms with Crippen LogP contribution in [-0.4, -0.2) is 48.5 Å². The number of nitrogens with zero attached hydrogens (tertiary/aromatic N) is 1. The summed E-state index contributed by atoms with van der Waals surface area (Å²) >= 11 is 0. The van der Waals surface area contributed by atoms with Gasteiger partial charge in [-0.05, 0) is 20.8 Å². The van der Waals surface area contributed by atoms with E-state index in [4.69, 9.17) is 10.5 Å². The zero-order valence-corrected chi connectivity index (χ0v) is 9.79. The Morgan fingerprint density at radius 3 is 2.00 bits per heavy atom. The number of morpholine rings is 1. The number of ether oxygens (including phenoxy) is 1. The molecule has 1 rings (SSSR count). The number of rotatable bonds is 2. The van der Waals surface area contributed by atoms with Crippen LogP contribution in [0.25, 0.3) is 0 Å². The summed E-state index contributed by atoms with van der Waals surface area (Å²) in [6, 6.07) is -2.52. The number of halogens is 3. The van der Waals surface area contributed by atoms with E-state index >= 15 is 0 Å². The third-order valence-electron chi connectivity index (χ3n) is 2.67. The molecule has 4 atom stereocenters. The lowest BCUT2D eigenvalue weighted by atomic mass is 10.1.